The maximum Gasteiger partial charge on any atom is 0.262 e. The monoisotopic (exact) mass is 361 g/mol. The first-order valence-electron chi connectivity index (χ1n) is 7.86. The van der Waals surface area contributed by atoms with Gasteiger partial charge in [-0.2, -0.15) is 0 Å². The second-order valence-electron chi connectivity index (χ2n) is 5.84. The molecule has 1 aromatic carbocycles. The third-order valence-corrected chi connectivity index (χ3v) is 5.21. The van der Waals surface area contributed by atoms with E-state index < -0.39 is 10.0 Å². The van der Waals surface area contributed by atoms with Crippen LogP contribution in [0, 0.1) is 0 Å². The zero-order valence-corrected chi connectivity index (χ0v) is 14.6. The first kappa shape index (κ1) is 17.5. The highest BCUT2D eigenvalue weighted by molar-refractivity contribution is 7.89. The van der Waals surface area contributed by atoms with E-state index in [-0.39, 0.29) is 16.8 Å². The maximum atomic E-state index is 12.8. The van der Waals surface area contributed by atoms with Gasteiger partial charge < -0.3 is 4.90 Å². The lowest BCUT2D eigenvalue weighted by Gasteiger charge is -2.22. The second-order valence-corrected chi connectivity index (χ2v) is 7.49. The molecule has 0 saturated heterocycles. The number of benzene rings is 1. The van der Waals surface area contributed by atoms with Crippen molar-refractivity contribution in [3.05, 3.63) is 59.9 Å². The molecule has 132 valence electrons. The lowest BCUT2D eigenvalue weighted by atomic mass is 10.1. The predicted octanol–water partition coefficient (Wildman–Crippen LogP) is 1.73. The van der Waals surface area contributed by atoms with Crippen molar-refractivity contribution in [2.24, 2.45) is 0 Å². The predicted molar refractivity (Wildman–Crippen MR) is 90.9 cm³/mol. The van der Waals surface area contributed by atoms with E-state index in [1.807, 2.05) is 21.9 Å². The van der Waals surface area contributed by atoms with Crippen molar-refractivity contribution in [2.75, 3.05) is 7.11 Å². The fourth-order valence-electron chi connectivity index (χ4n) is 2.54. The van der Waals surface area contributed by atoms with E-state index in [0.29, 0.717) is 12.1 Å². The first-order chi connectivity index (χ1) is 12.0. The van der Waals surface area contributed by atoms with Crippen molar-refractivity contribution >= 4 is 15.9 Å². The molecule has 25 heavy (non-hydrogen) atoms. The van der Waals surface area contributed by atoms with Crippen LogP contribution in [0.3, 0.4) is 0 Å². The van der Waals surface area contributed by atoms with Gasteiger partial charge >= 0.3 is 0 Å². The van der Waals surface area contributed by atoms with Crippen LogP contribution in [0.5, 0.6) is 0 Å². The van der Waals surface area contributed by atoms with Crippen molar-refractivity contribution in [1.82, 2.24) is 14.8 Å². The molecular formula is C17H19N3O4S. The number of hydrogen-bond donors (Lipinski definition) is 1. The number of rotatable bonds is 7. The quantitative estimate of drug-likeness (QED) is 0.759. The van der Waals surface area contributed by atoms with Crippen LogP contribution in [-0.4, -0.2) is 37.4 Å². The van der Waals surface area contributed by atoms with Crippen molar-refractivity contribution in [3.63, 3.8) is 0 Å². The van der Waals surface area contributed by atoms with Crippen molar-refractivity contribution < 1.29 is 18.0 Å². The van der Waals surface area contributed by atoms with Gasteiger partial charge in [0, 0.05) is 30.5 Å². The third kappa shape index (κ3) is 4.22. The number of sulfonamides is 1. The number of nitrogens with zero attached hydrogens (tertiary/aromatic N) is 2. The largest absolute Gasteiger partial charge is 0.331 e. The number of carbonyl (C=O) groups excluding carboxylic acids is 1. The van der Waals surface area contributed by atoms with Crippen molar-refractivity contribution in [3.8, 4) is 0 Å². The van der Waals surface area contributed by atoms with Crippen LogP contribution >= 0.6 is 0 Å². The zero-order valence-electron chi connectivity index (χ0n) is 13.8. The molecule has 2 aromatic rings. The van der Waals surface area contributed by atoms with E-state index in [4.69, 9.17) is 0 Å². The number of aromatic nitrogens is 1. The zero-order chi connectivity index (χ0) is 17.9. The Morgan fingerprint density at radius 1 is 1.28 bits per heavy atom. The molecular weight excluding hydrogens is 342 g/mol. The molecule has 1 amide bonds. The molecule has 1 heterocycles. The van der Waals surface area contributed by atoms with E-state index in [1.165, 1.54) is 31.4 Å². The third-order valence-electron chi connectivity index (χ3n) is 3.93. The lowest BCUT2D eigenvalue weighted by Crippen LogP contribution is -2.32. The van der Waals surface area contributed by atoms with Crippen LogP contribution < -0.4 is 4.89 Å². The molecule has 0 aliphatic heterocycles. The van der Waals surface area contributed by atoms with Gasteiger partial charge in [0.05, 0.1) is 12.0 Å². The van der Waals surface area contributed by atoms with E-state index in [1.54, 1.807) is 12.4 Å². The summed E-state index contributed by atoms with van der Waals surface area (Å²) in [5.74, 6) is -0.116. The Kier molecular flexibility index (Phi) is 5.12. The van der Waals surface area contributed by atoms with Gasteiger partial charge in [-0.15, -0.1) is 0 Å². The van der Waals surface area contributed by atoms with Gasteiger partial charge in [-0.1, -0.05) is 11.0 Å². The molecule has 0 atom stereocenters. The van der Waals surface area contributed by atoms with Gasteiger partial charge in [0.15, 0.2) is 0 Å². The van der Waals surface area contributed by atoms with Crippen LogP contribution in [0.2, 0.25) is 0 Å². The average Bonchev–Trinajstić information content (AvgIpc) is 3.45. The van der Waals surface area contributed by atoms with Crippen molar-refractivity contribution in [2.45, 2.75) is 30.3 Å². The maximum absolute atomic E-state index is 12.8. The van der Waals surface area contributed by atoms with Crippen LogP contribution in [0.25, 0.3) is 0 Å². The summed E-state index contributed by atoms with van der Waals surface area (Å²) in [4.78, 5) is 25.2. The summed E-state index contributed by atoms with van der Waals surface area (Å²) in [5.41, 5.74) is 1.42. The average molecular weight is 361 g/mol. The van der Waals surface area contributed by atoms with Gasteiger partial charge in [-0.05, 0) is 48.7 Å². The normalized spacial score (nSPS) is 14.3. The molecule has 3 rings (SSSR count). The number of pyridine rings is 1. The summed E-state index contributed by atoms with van der Waals surface area (Å²) in [6, 6.07) is 9.82. The lowest BCUT2D eigenvalue weighted by molar-refractivity contribution is 0.0729. The Balaban J connectivity index is 1.78. The molecule has 8 heteroatoms. The van der Waals surface area contributed by atoms with Crippen molar-refractivity contribution in [1.29, 1.82) is 0 Å². The Hall–Kier alpha value is -2.29. The number of carbonyl (C=O) groups is 1. The minimum absolute atomic E-state index is 0.0381. The molecule has 0 radical (unpaired) electrons. The van der Waals surface area contributed by atoms with Crippen LogP contribution in [-0.2, 0) is 21.4 Å². The number of amides is 1. The highest BCUT2D eigenvalue weighted by Gasteiger charge is 2.33. The van der Waals surface area contributed by atoms with E-state index in [0.717, 1.165) is 18.4 Å². The molecule has 1 fully saturated rings. The summed E-state index contributed by atoms with van der Waals surface area (Å²) in [5, 5.41) is 0. The fourth-order valence-corrected chi connectivity index (χ4v) is 3.35. The van der Waals surface area contributed by atoms with Crippen LogP contribution in [0.15, 0.2) is 53.7 Å². The molecule has 0 bridgehead atoms. The van der Waals surface area contributed by atoms with Gasteiger partial charge in [0.25, 0.3) is 15.9 Å². The summed E-state index contributed by atoms with van der Waals surface area (Å²) in [7, 11) is -2.51. The number of nitrogens with one attached hydrogen (secondary N) is 1. The molecule has 7 nitrogen and oxygen atoms in total. The molecule has 1 N–H and O–H groups in total. The summed E-state index contributed by atoms with van der Waals surface area (Å²) in [6.45, 7) is 0.489. The molecule has 0 spiro atoms. The molecule has 0 unspecified atom stereocenters. The molecule has 1 aromatic heterocycles. The van der Waals surface area contributed by atoms with Gasteiger partial charge in [-0.3, -0.25) is 14.6 Å². The van der Waals surface area contributed by atoms with E-state index >= 15 is 0 Å². The smallest absolute Gasteiger partial charge is 0.262 e. The van der Waals surface area contributed by atoms with Gasteiger partial charge in [-0.25, -0.2) is 8.42 Å². The molecule has 1 aliphatic rings. The Labute approximate surface area is 146 Å². The summed E-state index contributed by atoms with van der Waals surface area (Å²) in [6.07, 6.45) is 5.40. The van der Waals surface area contributed by atoms with Gasteiger partial charge in [0.1, 0.15) is 0 Å². The number of hydrogen-bond acceptors (Lipinski definition) is 5. The Morgan fingerprint density at radius 2 is 2.00 bits per heavy atom. The molecule has 1 aliphatic carbocycles. The highest BCUT2D eigenvalue weighted by Crippen LogP contribution is 2.30. The fraction of sp³-hybridized carbons (Fsp3) is 0.294. The van der Waals surface area contributed by atoms with Crippen LogP contribution in [0.4, 0.5) is 0 Å². The summed E-state index contributed by atoms with van der Waals surface area (Å²) < 4.78 is 23.7. The van der Waals surface area contributed by atoms with E-state index in [2.05, 4.69) is 9.82 Å². The topological polar surface area (TPSA) is 88.6 Å². The second kappa shape index (κ2) is 7.30. The SMILES string of the molecule is CONS(=O)(=O)c1ccc(C(=O)N(Cc2cccnc2)C2CC2)cc1. The first-order valence-corrected chi connectivity index (χ1v) is 9.34. The highest BCUT2D eigenvalue weighted by atomic mass is 32.2. The standard InChI is InChI=1S/C17H19N3O4S/c1-24-19-25(22,23)16-8-4-14(5-9-16)17(21)20(15-6-7-15)12-13-3-2-10-18-11-13/h2-5,8-11,15,19H,6-7,12H2,1H3. The minimum atomic E-state index is -3.73. The molecule has 1 saturated carbocycles. The summed E-state index contributed by atoms with van der Waals surface area (Å²) >= 11 is 0. The minimum Gasteiger partial charge on any atom is -0.331 e. The Morgan fingerprint density at radius 3 is 2.56 bits per heavy atom. The Bertz CT molecular complexity index is 834. The van der Waals surface area contributed by atoms with Gasteiger partial charge in [0.2, 0.25) is 0 Å². The van der Waals surface area contributed by atoms with E-state index in [9.17, 15) is 13.2 Å². The van der Waals surface area contributed by atoms with Crippen LogP contribution in [0.1, 0.15) is 28.8 Å².